The zero-order chi connectivity index (χ0) is 16.6. The summed E-state index contributed by atoms with van der Waals surface area (Å²) in [6.07, 6.45) is 5.66. The maximum atomic E-state index is 10.9. The number of aryl methyl sites for hydroxylation is 2. The molecule has 0 saturated carbocycles. The lowest BCUT2D eigenvalue weighted by molar-refractivity contribution is -0.105. The van der Waals surface area contributed by atoms with Crippen LogP contribution in [0.5, 0.6) is 5.75 Å². The van der Waals surface area contributed by atoms with E-state index < -0.39 is 0 Å². The molecule has 0 radical (unpaired) electrons. The van der Waals surface area contributed by atoms with Gasteiger partial charge in [-0.05, 0) is 41.8 Å². The normalized spacial score (nSPS) is 10.3. The molecule has 0 aliphatic heterocycles. The molecule has 3 aromatic rings. The highest BCUT2D eigenvalue weighted by Gasteiger charge is 2.06. The SMILES string of the molecule is O=CNc1cc(CCn2cccc2)ccc1OCc1ccccc1. The van der Waals surface area contributed by atoms with Crippen LogP contribution < -0.4 is 10.1 Å². The van der Waals surface area contributed by atoms with Crippen molar-refractivity contribution in [2.45, 2.75) is 19.6 Å². The summed E-state index contributed by atoms with van der Waals surface area (Å²) in [4.78, 5) is 10.9. The smallest absolute Gasteiger partial charge is 0.211 e. The van der Waals surface area contributed by atoms with Gasteiger partial charge in [-0.15, -0.1) is 0 Å². The number of hydrogen-bond acceptors (Lipinski definition) is 2. The lowest BCUT2D eigenvalue weighted by atomic mass is 10.1. The molecule has 122 valence electrons. The van der Waals surface area contributed by atoms with E-state index in [9.17, 15) is 4.79 Å². The Morgan fingerprint density at radius 1 is 0.958 bits per heavy atom. The maximum Gasteiger partial charge on any atom is 0.211 e. The number of carbonyl (C=O) groups is 1. The van der Waals surface area contributed by atoms with Crippen LogP contribution in [0.25, 0.3) is 0 Å². The Morgan fingerprint density at radius 3 is 2.50 bits per heavy atom. The molecule has 0 bridgehead atoms. The third kappa shape index (κ3) is 4.26. The summed E-state index contributed by atoms with van der Waals surface area (Å²) in [5, 5.41) is 2.73. The highest BCUT2D eigenvalue weighted by Crippen LogP contribution is 2.26. The van der Waals surface area contributed by atoms with Gasteiger partial charge in [0.25, 0.3) is 0 Å². The molecular weight excluding hydrogens is 300 g/mol. The molecule has 0 spiro atoms. The number of aromatic nitrogens is 1. The first-order valence-electron chi connectivity index (χ1n) is 7.96. The van der Waals surface area contributed by atoms with E-state index in [1.54, 1.807) is 0 Å². The Hall–Kier alpha value is -3.01. The monoisotopic (exact) mass is 320 g/mol. The van der Waals surface area contributed by atoms with Crippen LogP contribution in [0.3, 0.4) is 0 Å². The van der Waals surface area contributed by atoms with E-state index in [1.165, 1.54) is 0 Å². The van der Waals surface area contributed by atoms with Crippen LogP contribution >= 0.6 is 0 Å². The van der Waals surface area contributed by atoms with Gasteiger partial charge in [0.1, 0.15) is 12.4 Å². The lowest BCUT2D eigenvalue weighted by Crippen LogP contribution is -2.03. The van der Waals surface area contributed by atoms with Gasteiger partial charge in [0.15, 0.2) is 0 Å². The van der Waals surface area contributed by atoms with Crippen LogP contribution in [0.2, 0.25) is 0 Å². The fraction of sp³-hybridized carbons (Fsp3) is 0.150. The molecule has 4 nitrogen and oxygen atoms in total. The van der Waals surface area contributed by atoms with Crippen LogP contribution in [0, 0.1) is 0 Å². The molecular formula is C20H20N2O2. The number of amides is 1. The molecule has 24 heavy (non-hydrogen) atoms. The molecule has 0 fully saturated rings. The largest absolute Gasteiger partial charge is 0.487 e. The van der Waals surface area contributed by atoms with Gasteiger partial charge in [-0.2, -0.15) is 0 Å². The Kier molecular flexibility index (Phi) is 5.30. The van der Waals surface area contributed by atoms with E-state index in [1.807, 2.05) is 73.1 Å². The number of benzene rings is 2. The van der Waals surface area contributed by atoms with Crippen LogP contribution in [-0.2, 0) is 24.4 Å². The minimum atomic E-state index is 0.469. The standard InChI is InChI=1S/C20H20N2O2/c23-16-21-19-14-17(10-13-22-11-4-5-12-22)8-9-20(19)24-15-18-6-2-1-3-7-18/h1-9,11-12,14,16H,10,13,15H2,(H,21,23). The van der Waals surface area contributed by atoms with Gasteiger partial charge in [0.2, 0.25) is 6.41 Å². The second-order valence-corrected chi connectivity index (χ2v) is 5.54. The summed E-state index contributed by atoms with van der Waals surface area (Å²) < 4.78 is 7.99. The van der Waals surface area contributed by atoms with Crippen LogP contribution in [0.4, 0.5) is 5.69 Å². The Bertz CT molecular complexity index is 768. The van der Waals surface area contributed by atoms with Gasteiger partial charge < -0.3 is 14.6 Å². The lowest BCUT2D eigenvalue weighted by Gasteiger charge is -2.13. The summed E-state index contributed by atoms with van der Waals surface area (Å²) in [6, 6.07) is 19.9. The van der Waals surface area contributed by atoms with Gasteiger partial charge in [0.05, 0.1) is 5.69 Å². The second kappa shape index (κ2) is 8.02. The number of nitrogens with one attached hydrogen (secondary N) is 1. The van der Waals surface area contributed by atoms with Gasteiger partial charge in [-0.25, -0.2) is 0 Å². The van der Waals surface area contributed by atoms with E-state index >= 15 is 0 Å². The van der Waals surface area contributed by atoms with Gasteiger partial charge in [0, 0.05) is 18.9 Å². The average Bonchev–Trinajstić information content (AvgIpc) is 3.14. The van der Waals surface area contributed by atoms with Crippen molar-refractivity contribution in [2.24, 2.45) is 0 Å². The Labute approximate surface area is 141 Å². The molecule has 0 aliphatic carbocycles. The molecule has 1 N–H and O–H groups in total. The summed E-state index contributed by atoms with van der Waals surface area (Å²) in [5.41, 5.74) is 2.94. The quantitative estimate of drug-likeness (QED) is 0.640. The van der Waals surface area contributed by atoms with Crippen molar-refractivity contribution in [3.05, 3.63) is 84.2 Å². The maximum absolute atomic E-state index is 10.9. The first-order valence-corrected chi connectivity index (χ1v) is 7.96. The number of hydrogen-bond donors (Lipinski definition) is 1. The van der Waals surface area contributed by atoms with E-state index in [0.29, 0.717) is 24.5 Å². The van der Waals surface area contributed by atoms with Crippen molar-refractivity contribution in [2.75, 3.05) is 5.32 Å². The third-order valence-electron chi connectivity index (χ3n) is 3.82. The first-order chi connectivity index (χ1) is 11.8. The minimum absolute atomic E-state index is 0.469. The number of anilines is 1. The number of nitrogens with zero attached hydrogens (tertiary/aromatic N) is 1. The Balaban J connectivity index is 1.68. The van der Waals surface area contributed by atoms with Crippen LogP contribution in [0.15, 0.2) is 73.1 Å². The van der Waals surface area contributed by atoms with E-state index in [0.717, 1.165) is 24.1 Å². The molecule has 1 aromatic heterocycles. The zero-order valence-electron chi connectivity index (χ0n) is 13.4. The molecule has 1 heterocycles. The van der Waals surface area contributed by atoms with Crippen molar-refractivity contribution in [3.63, 3.8) is 0 Å². The van der Waals surface area contributed by atoms with Crippen LogP contribution in [-0.4, -0.2) is 11.0 Å². The predicted molar refractivity (Wildman–Crippen MR) is 95.0 cm³/mol. The molecule has 2 aromatic carbocycles. The van der Waals surface area contributed by atoms with E-state index in [4.69, 9.17) is 4.74 Å². The summed E-state index contributed by atoms with van der Waals surface area (Å²) in [6.45, 7) is 1.37. The van der Waals surface area contributed by atoms with Gasteiger partial charge in [-0.1, -0.05) is 36.4 Å². The predicted octanol–water partition coefficient (Wildman–Crippen LogP) is 3.88. The summed E-state index contributed by atoms with van der Waals surface area (Å²) >= 11 is 0. The molecule has 1 amide bonds. The van der Waals surface area contributed by atoms with E-state index in [2.05, 4.69) is 9.88 Å². The van der Waals surface area contributed by atoms with Gasteiger partial charge in [-0.3, -0.25) is 4.79 Å². The summed E-state index contributed by atoms with van der Waals surface area (Å²) in [7, 11) is 0. The van der Waals surface area contributed by atoms with Crippen molar-refractivity contribution >= 4 is 12.1 Å². The minimum Gasteiger partial charge on any atom is -0.487 e. The Morgan fingerprint density at radius 2 is 1.75 bits per heavy atom. The second-order valence-electron chi connectivity index (χ2n) is 5.54. The summed E-state index contributed by atoms with van der Waals surface area (Å²) in [5.74, 6) is 0.677. The average molecular weight is 320 g/mol. The molecule has 0 atom stereocenters. The molecule has 0 aliphatic rings. The highest BCUT2D eigenvalue weighted by atomic mass is 16.5. The molecule has 0 unspecified atom stereocenters. The van der Waals surface area contributed by atoms with Gasteiger partial charge >= 0.3 is 0 Å². The first kappa shape index (κ1) is 15.9. The molecule has 3 rings (SSSR count). The zero-order valence-corrected chi connectivity index (χ0v) is 13.4. The van der Waals surface area contributed by atoms with Crippen molar-refractivity contribution in [3.8, 4) is 5.75 Å². The van der Waals surface area contributed by atoms with Crippen molar-refractivity contribution < 1.29 is 9.53 Å². The van der Waals surface area contributed by atoms with Crippen LogP contribution in [0.1, 0.15) is 11.1 Å². The number of ether oxygens (including phenoxy) is 1. The molecule has 0 saturated heterocycles. The third-order valence-corrected chi connectivity index (χ3v) is 3.82. The fourth-order valence-corrected chi connectivity index (χ4v) is 2.55. The highest BCUT2D eigenvalue weighted by molar-refractivity contribution is 5.75. The van der Waals surface area contributed by atoms with Crippen molar-refractivity contribution in [1.82, 2.24) is 4.57 Å². The fourth-order valence-electron chi connectivity index (χ4n) is 2.55. The molecule has 4 heteroatoms. The number of rotatable bonds is 8. The van der Waals surface area contributed by atoms with Crippen molar-refractivity contribution in [1.29, 1.82) is 0 Å². The van der Waals surface area contributed by atoms with E-state index in [-0.39, 0.29) is 0 Å². The number of carbonyl (C=O) groups excluding carboxylic acids is 1. The topological polar surface area (TPSA) is 43.3 Å².